The van der Waals surface area contributed by atoms with Crippen molar-refractivity contribution in [1.82, 2.24) is 4.57 Å². The van der Waals surface area contributed by atoms with Crippen LogP contribution in [-0.4, -0.2) is 4.57 Å². The first kappa shape index (κ1) is 53.1. The molecule has 13 aromatic rings. The topological polar surface area (TPSA) is 11.4 Å². The summed E-state index contributed by atoms with van der Waals surface area (Å²) in [6.07, 6.45) is 5.90. The largest absolute Gasteiger partial charge is 0.313 e. The second-order valence-electron chi connectivity index (χ2n) is 28.7. The Balaban J connectivity index is 0.841. The first-order valence-electron chi connectivity index (χ1n) is 32.4. The van der Waals surface area contributed by atoms with Gasteiger partial charge in [-0.25, -0.2) is 0 Å². The molecule has 0 saturated heterocycles. The van der Waals surface area contributed by atoms with E-state index in [2.05, 4.69) is 325 Å². The van der Waals surface area contributed by atoms with Crippen molar-refractivity contribution in [1.29, 1.82) is 0 Å². The summed E-state index contributed by atoms with van der Waals surface area (Å²) in [6, 6.07) is 90.7. The van der Waals surface area contributed by atoms with Crippen LogP contribution in [0.25, 0.3) is 93.5 Å². The molecule has 5 heterocycles. The molecule has 12 aromatic carbocycles. The Bertz CT molecular complexity index is 5200. The van der Waals surface area contributed by atoms with Crippen molar-refractivity contribution in [3.05, 3.63) is 299 Å². The Kier molecular flexibility index (Phi) is 11.0. The molecular formula is C87H71N3. The van der Waals surface area contributed by atoms with Crippen LogP contribution in [0, 0.1) is 5.92 Å². The van der Waals surface area contributed by atoms with E-state index in [-0.39, 0.29) is 21.7 Å². The summed E-state index contributed by atoms with van der Waals surface area (Å²) < 4.78 is 2.48. The third kappa shape index (κ3) is 7.41. The van der Waals surface area contributed by atoms with Crippen LogP contribution in [0.15, 0.2) is 260 Å². The molecule has 1 atom stereocenters. The molecule has 0 N–H and O–H groups in total. The number of allylic oxidation sites excluding steroid dienone is 4. The van der Waals surface area contributed by atoms with Crippen LogP contribution in [0.1, 0.15) is 108 Å². The molecule has 0 spiro atoms. The summed E-state index contributed by atoms with van der Waals surface area (Å²) in [5, 5.41) is 7.51. The minimum Gasteiger partial charge on any atom is -0.313 e. The molecule has 0 bridgehead atoms. The summed E-state index contributed by atoms with van der Waals surface area (Å²) in [4.78, 5) is 5.28. The maximum atomic E-state index is 2.66. The maximum Gasteiger partial charge on any atom is 0.0544 e. The fourth-order valence-electron chi connectivity index (χ4n) is 17.0. The monoisotopic (exact) mass is 1160 g/mol. The van der Waals surface area contributed by atoms with Crippen LogP contribution in [-0.2, 0) is 21.7 Å². The van der Waals surface area contributed by atoms with Gasteiger partial charge in [-0.15, -0.1) is 0 Å². The molecule has 0 amide bonds. The molecule has 0 saturated carbocycles. The van der Waals surface area contributed by atoms with Gasteiger partial charge in [0.1, 0.15) is 0 Å². The molecule has 18 rings (SSSR count). The Morgan fingerprint density at radius 2 is 0.722 bits per heavy atom. The zero-order valence-corrected chi connectivity index (χ0v) is 52.8. The van der Waals surface area contributed by atoms with Gasteiger partial charge in [-0.3, -0.25) is 0 Å². The Hall–Kier alpha value is -9.96. The molecule has 4 aliphatic heterocycles. The molecule has 1 aliphatic carbocycles. The number of anilines is 5. The lowest BCUT2D eigenvalue weighted by atomic mass is 9.64. The number of aromatic nitrogens is 1. The summed E-state index contributed by atoms with van der Waals surface area (Å²) in [5.41, 5.74) is 31.1. The van der Waals surface area contributed by atoms with Crippen LogP contribution in [0.5, 0.6) is 0 Å². The second-order valence-corrected chi connectivity index (χ2v) is 28.7. The summed E-state index contributed by atoms with van der Waals surface area (Å²) in [5.74, 6) is 0.474. The smallest absolute Gasteiger partial charge is 0.0544 e. The van der Waals surface area contributed by atoms with Crippen molar-refractivity contribution < 1.29 is 0 Å². The van der Waals surface area contributed by atoms with Crippen LogP contribution in [0.4, 0.5) is 28.4 Å². The summed E-state index contributed by atoms with van der Waals surface area (Å²) >= 11 is 0. The fraction of sp³-hybridized carbons (Fsp3) is 0.172. The number of para-hydroxylation sites is 2. The molecule has 1 unspecified atom stereocenters. The molecule has 5 aliphatic rings. The van der Waals surface area contributed by atoms with Gasteiger partial charge in [-0.2, -0.15) is 0 Å². The van der Waals surface area contributed by atoms with Crippen molar-refractivity contribution in [3.8, 4) is 50.2 Å². The lowest BCUT2D eigenvalue weighted by Gasteiger charge is -2.51. The quantitative estimate of drug-likeness (QED) is 0.170. The van der Waals surface area contributed by atoms with E-state index in [0.29, 0.717) is 5.92 Å². The molecule has 3 nitrogen and oxygen atoms in total. The summed E-state index contributed by atoms with van der Waals surface area (Å²) in [7, 11) is 0. The van der Waals surface area contributed by atoms with Gasteiger partial charge in [0.25, 0.3) is 0 Å². The highest BCUT2D eigenvalue weighted by atomic mass is 15.2. The lowest BCUT2D eigenvalue weighted by molar-refractivity contribution is 0.558. The number of rotatable bonds is 5. The molecular weight excluding hydrogens is 1090 g/mol. The van der Waals surface area contributed by atoms with Gasteiger partial charge in [-0.1, -0.05) is 208 Å². The zero-order valence-electron chi connectivity index (χ0n) is 52.8. The number of fused-ring (bicyclic) bond motifs is 12. The highest BCUT2D eigenvalue weighted by Gasteiger charge is 2.49. The standard InChI is InChI=1S/C87H71N3/c1-52-27-36-69-81(41-52)90-78-26-18-17-25-68(78)84(2,3)72-48-63(49-73(83(72)90)85(69,4)5)59-32-37-76-66(44-59)67-45-60(33-38-77(67)88(76)65-23-11-10-12-24-65)64-50-74-82-75(51-64)87(8,9)71-47-62(58-31-29-54-20-14-16-22-56(54)43-58)35-40-80(71)89(82)79-39-34-61(46-70(79)86(74,6)7)57-30-28-53-19-13-15-21-55(53)42-57/h10-40,42-52H,41H2,1-9H3. The molecule has 434 valence electrons. The van der Waals surface area contributed by atoms with Gasteiger partial charge in [0.15, 0.2) is 0 Å². The number of hydrogen-bond donors (Lipinski definition) is 0. The average molecular weight is 1160 g/mol. The minimum absolute atomic E-state index is 0.204. The van der Waals surface area contributed by atoms with E-state index in [0.717, 1.165) is 12.1 Å². The van der Waals surface area contributed by atoms with Gasteiger partial charge in [0.05, 0.1) is 33.8 Å². The van der Waals surface area contributed by atoms with Crippen molar-refractivity contribution in [2.24, 2.45) is 5.92 Å². The van der Waals surface area contributed by atoms with Gasteiger partial charge < -0.3 is 14.4 Å². The van der Waals surface area contributed by atoms with E-state index < -0.39 is 0 Å². The van der Waals surface area contributed by atoms with Gasteiger partial charge in [-0.05, 0) is 226 Å². The normalized spacial score (nSPS) is 17.5. The van der Waals surface area contributed by atoms with Gasteiger partial charge >= 0.3 is 0 Å². The van der Waals surface area contributed by atoms with E-state index in [1.165, 1.54) is 167 Å². The van der Waals surface area contributed by atoms with Crippen LogP contribution < -0.4 is 9.80 Å². The lowest BCUT2D eigenvalue weighted by Crippen LogP contribution is -2.41. The van der Waals surface area contributed by atoms with Crippen LogP contribution in [0.2, 0.25) is 0 Å². The Labute approximate surface area is 528 Å². The molecule has 3 heteroatoms. The highest BCUT2D eigenvalue weighted by Crippen LogP contribution is 2.63. The van der Waals surface area contributed by atoms with Gasteiger partial charge in [0.2, 0.25) is 0 Å². The van der Waals surface area contributed by atoms with Crippen molar-refractivity contribution in [2.75, 3.05) is 9.80 Å². The highest BCUT2D eigenvalue weighted by molar-refractivity contribution is 6.12. The van der Waals surface area contributed by atoms with E-state index >= 15 is 0 Å². The third-order valence-electron chi connectivity index (χ3n) is 22.0. The Morgan fingerprint density at radius 1 is 0.322 bits per heavy atom. The maximum absolute atomic E-state index is 2.66. The van der Waals surface area contributed by atoms with E-state index in [1.807, 2.05) is 0 Å². The van der Waals surface area contributed by atoms with Gasteiger partial charge in [0, 0.05) is 49.5 Å². The zero-order chi connectivity index (χ0) is 60.9. The summed E-state index contributed by atoms with van der Waals surface area (Å²) in [6.45, 7) is 22.0. The molecule has 90 heavy (non-hydrogen) atoms. The van der Waals surface area contributed by atoms with Crippen molar-refractivity contribution in [3.63, 3.8) is 0 Å². The predicted octanol–water partition coefficient (Wildman–Crippen LogP) is 23.4. The average Bonchev–Trinajstić information content (AvgIpc) is 0.819. The first-order chi connectivity index (χ1) is 43.5. The number of nitrogens with zero attached hydrogens (tertiary/aromatic N) is 3. The SMILES string of the molecule is CC1C=CC2=C(C1)N1c3ccccc3C(C)(C)c3cc(-c4ccc5c(c4)c4cc(-c6cc7c8c(c6)C(C)(C)c6cc(-c9ccc%10ccccc%10c9)ccc6N8c6ccc(-c8ccc9ccccc9c8)cc6C7(C)C)ccc4n5-c4ccccc4)cc(c31)C2(C)C. The second kappa shape index (κ2) is 18.6. The Morgan fingerprint density at radius 3 is 1.27 bits per heavy atom. The van der Waals surface area contributed by atoms with Crippen molar-refractivity contribution in [2.45, 2.75) is 90.4 Å². The van der Waals surface area contributed by atoms with E-state index in [4.69, 9.17) is 0 Å². The van der Waals surface area contributed by atoms with Crippen LogP contribution in [0.3, 0.4) is 0 Å². The minimum atomic E-state index is -0.361. The van der Waals surface area contributed by atoms with E-state index in [1.54, 1.807) is 0 Å². The molecule has 1 aromatic heterocycles. The number of hydrogen-bond acceptors (Lipinski definition) is 2. The van der Waals surface area contributed by atoms with E-state index in [9.17, 15) is 0 Å². The third-order valence-corrected chi connectivity index (χ3v) is 22.0. The first-order valence-corrected chi connectivity index (χ1v) is 32.4. The van der Waals surface area contributed by atoms with Crippen LogP contribution >= 0.6 is 0 Å². The number of benzene rings is 12. The fourth-order valence-corrected chi connectivity index (χ4v) is 17.0. The van der Waals surface area contributed by atoms with Crippen molar-refractivity contribution >= 4 is 71.8 Å². The molecule has 0 fully saturated rings. The predicted molar refractivity (Wildman–Crippen MR) is 380 cm³/mol. The molecule has 0 radical (unpaired) electrons.